The second-order valence-electron chi connectivity index (χ2n) is 5.26. The van der Waals surface area contributed by atoms with E-state index < -0.39 is 22.2 Å². The van der Waals surface area contributed by atoms with E-state index in [-0.39, 0.29) is 10.5 Å². The van der Waals surface area contributed by atoms with Gasteiger partial charge < -0.3 is 5.11 Å². The van der Waals surface area contributed by atoms with Crippen molar-refractivity contribution in [1.29, 1.82) is 5.26 Å². The van der Waals surface area contributed by atoms with Gasteiger partial charge in [-0.05, 0) is 31.4 Å². The molecular weight excluding hydrogens is 288 g/mol. The minimum Gasteiger partial charge on any atom is -0.391 e. The maximum atomic E-state index is 12.9. The molecule has 1 aromatic carbocycles. The van der Waals surface area contributed by atoms with Crippen LogP contribution in [0.3, 0.4) is 0 Å². The van der Waals surface area contributed by atoms with Gasteiger partial charge in [-0.1, -0.05) is 25.5 Å². The van der Waals surface area contributed by atoms with Gasteiger partial charge in [0, 0.05) is 6.54 Å². The molecule has 1 aliphatic heterocycles. The molecule has 0 amide bonds. The van der Waals surface area contributed by atoms with Crippen LogP contribution < -0.4 is 0 Å². The lowest BCUT2D eigenvalue weighted by molar-refractivity contribution is 0.0667. The lowest BCUT2D eigenvalue weighted by Gasteiger charge is -2.37. The highest BCUT2D eigenvalue weighted by Gasteiger charge is 2.37. The van der Waals surface area contributed by atoms with Crippen LogP contribution in [0.2, 0.25) is 0 Å². The van der Waals surface area contributed by atoms with Crippen LogP contribution in [0, 0.1) is 11.3 Å². The number of hydrogen-bond acceptors (Lipinski definition) is 4. The van der Waals surface area contributed by atoms with Crippen molar-refractivity contribution in [3.05, 3.63) is 29.8 Å². The fourth-order valence-corrected chi connectivity index (χ4v) is 4.66. The average Bonchev–Trinajstić information content (AvgIpc) is 2.54. The molecule has 1 N–H and O–H groups in total. The fraction of sp³-hybridized carbons (Fsp3) is 0.533. The molecule has 0 spiro atoms. The molecule has 1 aliphatic rings. The molecule has 2 rings (SSSR count). The molecule has 0 saturated carbocycles. The zero-order valence-electron chi connectivity index (χ0n) is 12.1. The highest BCUT2D eigenvalue weighted by molar-refractivity contribution is 7.89. The quantitative estimate of drug-likeness (QED) is 0.920. The Morgan fingerprint density at radius 1 is 1.43 bits per heavy atom. The second kappa shape index (κ2) is 6.56. The van der Waals surface area contributed by atoms with Gasteiger partial charge in [-0.3, -0.25) is 0 Å². The maximum Gasteiger partial charge on any atom is 0.244 e. The van der Waals surface area contributed by atoms with Crippen molar-refractivity contribution < 1.29 is 13.5 Å². The average molecular weight is 308 g/mol. The van der Waals surface area contributed by atoms with Crippen LogP contribution in [0.1, 0.15) is 38.2 Å². The monoisotopic (exact) mass is 308 g/mol. The summed E-state index contributed by atoms with van der Waals surface area (Å²) < 4.78 is 27.1. The molecule has 2 atom stereocenters. The summed E-state index contributed by atoms with van der Waals surface area (Å²) in [5, 5.41) is 19.2. The molecule has 114 valence electrons. The predicted octanol–water partition coefficient (Wildman–Crippen LogP) is 1.87. The smallest absolute Gasteiger partial charge is 0.244 e. The van der Waals surface area contributed by atoms with Crippen molar-refractivity contribution in [2.45, 2.75) is 49.6 Å². The number of aliphatic hydroxyl groups excluding tert-OH is 1. The summed E-state index contributed by atoms with van der Waals surface area (Å²) >= 11 is 0. The van der Waals surface area contributed by atoms with Gasteiger partial charge in [0.2, 0.25) is 10.0 Å². The molecule has 21 heavy (non-hydrogen) atoms. The molecular formula is C15H20N2O3S. The molecule has 1 saturated heterocycles. The molecule has 1 fully saturated rings. The lowest BCUT2D eigenvalue weighted by atomic mass is 9.98. The Bertz CT molecular complexity index is 637. The number of rotatable bonds is 4. The van der Waals surface area contributed by atoms with E-state index in [1.54, 1.807) is 12.1 Å². The summed E-state index contributed by atoms with van der Waals surface area (Å²) in [6.45, 7) is 2.23. The lowest BCUT2D eigenvalue weighted by Crippen LogP contribution is -2.49. The normalized spacial score (nSPS) is 21.7. The van der Waals surface area contributed by atoms with Crippen molar-refractivity contribution in [3.8, 4) is 6.07 Å². The van der Waals surface area contributed by atoms with E-state index in [0.29, 0.717) is 19.4 Å². The van der Waals surface area contributed by atoms with Gasteiger partial charge in [-0.25, -0.2) is 8.42 Å². The first kappa shape index (κ1) is 16.0. The molecule has 1 aromatic rings. The van der Waals surface area contributed by atoms with Crippen molar-refractivity contribution in [3.63, 3.8) is 0 Å². The van der Waals surface area contributed by atoms with Crippen LogP contribution in [-0.2, 0) is 10.0 Å². The Morgan fingerprint density at radius 2 is 2.14 bits per heavy atom. The van der Waals surface area contributed by atoms with Gasteiger partial charge in [-0.15, -0.1) is 0 Å². The molecule has 0 aromatic heterocycles. The van der Waals surface area contributed by atoms with E-state index in [1.165, 1.54) is 16.4 Å². The molecule has 2 unspecified atom stereocenters. The van der Waals surface area contributed by atoms with Crippen LogP contribution in [0.15, 0.2) is 29.2 Å². The number of nitriles is 1. The summed E-state index contributed by atoms with van der Waals surface area (Å²) in [5.74, 6) is 0. The van der Waals surface area contributed by atoms with Crippen LogP contribution in [-0.4, -0.2) is 36.5 Å². The Hall–Kier alpha value is -1.42. The number of nitrogens with zero attached hydrogens (tertiary/aromatic N) is 2. The van der Waals surface area contributed by atoms with Gasteiger partial charge in [-0.2, -0.15) is 9.57 Å². The van der Waals surface area contributed by atoms with Crippen LogP contribution >= 0.6 is 0 Å². The van der Waals surface area contributed by atoms with Crippen molar-refractivity contribution in [2.75, 3.05) is 6.54 Å². The number of piperidine rings is 1. The fourth-order valence-electron chi connectivity index (χ4n) is 2.80. The van der Waals surface area contributed by atoms with Crippen molar-refractivity contribution in [2.24, 2.45) is 0 Å². The van der Waals surface area contributed by atoms with E-state index in [0.717, 1.165) is 12.8 Å². The topological polar surface area (TPSA) is 81.4 Å². The predicted molar refractivity (Wildman–Crippen MR) is 79.0 cm³/mol. The third kappa shape index (κ3) is 3.10. The van der Waals surface area contributed by atoms with Crippen molar-refractivity contribution >= 4 is 10.0 Å². The third-order valence-electron chi connectivity index (χ3n) is 3.95. The highest BCUT2D eigenvalue weighted by atomic mass is 32.2. The summed E-state index contributed by atoms with van der Waals surface area (Å²) in [4.78, 5) is 0.0303. The maximum absolute atomic E-state index is 12.9. The second-order valence-corrected chi connectivity index (χ2v) is 7.12. The van der Waals surface area contributed by atoms with Gasteiger partial charge in [0.15, 0.2) is 0 Å². The van der Waals surface area contributed by atoms with E-state index in [2.05, 4.69) is 0 Å². The SMILES string of the molecule is CCC(O)C1CCCCN1S(=O)(=O)c1ccccc1C#N. The zero-order valence-corrected chi connectivity index (χ0v) is 12.9. The first-order valence-electron chi connectivity index (χ1n) is 7.21. The van der Waals surface area contributed by atoms with E-state index in [1.807, 2.05) is 13.0 Å². The van der Waals surface area contributed by atoms with Gasteiger partial charge in [0.25, 0.3) is 0 Å². The van der Waals surface area contributed by atoms with Gasteiger partial charge in [0.05, 0.1) is 22.6 Å². The van der Waals surface area contributed by atoms with E-state index in [4.69, 9.17) is 5.26 Å². The first-order valence-corrected chi connectivity index (χ1v) is 8.65. The van der Waals surface area contributed by atoms with Crippen molar-refractivity contribution in [1.82, 2.24) is 4.31 Å². The summed E-state index contributed by atoms with van der Waals surface area (Å²) in [7, 11) is -3.76. The van der Waals surface area contributed by atoms with Gasteiger partial charge >= 0.3 is 0 Å². The summed E-state index contributed by atoms with van der Waals surface area (Å²) in [6.07, 6.45) is 2.18. The molecule has 6 heteroatoms. The largest absolute Gasteiger partial charge is 0.391 e. The summed E-state index contributed by atoms with van der Waals surface area (Å²) in [5.41, 5.74) is 0.146. The third-order valence-corrected chi connectivity index (χ3v) is 5.94. The molecule has 5 nitrogen and oxygen atoms in total. The number of hydrogen-bond donors (Lipinski definition) is 1. The number of benzene rings is 1. The van der Waals surface area contributed by atoms with Crippen LogP contribution in [0.4, 0.5) is 0 Å². The molecule has 1 heterocycles. The number of aliphatic hydroxyl groups is 1. The highest BCUT2D eigenvalue weighted by Crippen LogP contribution is 2.29. The minimum atomic E-state index is -3.76. The van der Waals surface area contributed by atoms with E-state index in [9.17, 15) is 13.5 Å². The molecule has 0 aliphatic carbocycles. The zero-order chi connectivity index (χ0) is 15.5. The van der Waals surface area contributed by atoms with Crippen LogP contribution in [0.25, 0.3) is 0 Å². The van der Waals surface area contributed by atoms with Gasteiger partial charge in [0.1, 0.15) is 6.07 Å². The van der Waals surface area contributed by atoms with Crippen LogP contribution in [0.5, 0.6) is 0 Å². The molecule has 0 radical (unpaired) electrons. The summed E-state index contributed by atoms with van der Waals surface area (Å²) in [6, 6.07) is 7.75. The Kier molecular flexibility index (Phi) is 4.99. The Morgan fingerprint density at radius 3 is 2.81 bits per heavy atom. The minimum absolute atomic E-state index is 0.0303. The first-order chi connectivity index (χ1) is 10.0. The Labute approximate surface area is 125 Å². The molecule has 0 bridgehead atoms. The Balaban J connectivity index is 2.44. The number of sulfonamides is 1. The van der Waals surface area contributed by atoms with E-state index >= 15 is 0 Å². The standard InChI is InChI=1S/C15H20N2O3S/c1-2-14(18)13-8-5-6-10-17(13)21(19,20)15-9-4-3-7-12(15)11-16/h3-4,7,9,13-14,18H,2,5-6,8,10H2,1H3.